The third-order valence-corrected chi connectivity index (χ3v) is 3.72. The van der Waals surface area contributed by atoms with Crippen LogP contribution in [0.15, 0.2) is 42.7 Å². The summed E-state index contributed by atoms with van der Waals surface area (Å²) in [6, 6.07) is 8.59. The fourth-order valence-electron chi connectivity index (χ4n) is 2.21. The predicted molar refractivity (Wildman–Crippen MR) is 96.5 cm³/mol. The van der Waals surface area contributed by atoms with E-state index in [2.05, 4.69) is 15.6 Å². The number of hydrogen-bond acceptors (Lipinski definition) is 5. The molecule has 1 aromatic carbocycles. The summed E-state index contributed by atoms with van der Waals surface area (Å²) in [6.07, 6.45) is 2.96. The minimum atomic E-state index is -0.323. The van der Waals surface area contributed by atoms with Gasteiger partial charge in [0.25, 0.3) is 5.91 Å². The van der Waals surface area contributed by atoms with E-state index in [0.717, 1.165) is 5.56 Å². The number of nitrogens with two attached hydrogens (primary N) is 1. The Bertz CT molecular complexity index is 730. The van der Waals surface area contributed by atoms with Crippen LogP contribution >= 0.6 is 0 Å². The summed E-state index contributed by atoms with van der Waals surface area (Å²) < 4.78 is 5.10. The average molecular weight is 342 g/mol. The summed E-state index contributed by atoms with van der Waals surface area (Å²) in [4.78, 5) is 28.2. The topological polar surface area (TPSA) is 106 Å². The summed E-state index contributed by atoms with van der Waals surface area (Å²) in [5.41, 5.74) is 8.13. The maximum atomic E-state index is 12.3. The molecule has 1 atom stereocenters. The average Bonchev–Trinajstić information content (AvgIpc) is 2.63. The Kier molecular flexibility index (Phi) is 6.62. The van der Waals surface area contributed by atoms with Gasteiger partial charge in [-0.15, -0.1) is 0 Å². The van der Waals surface area contributed by atoms with Crippen molar-refractivity contribution in [3.05, 3.63) is 53.9 Å². The van der Waals surface area contributed by atoms with Crippen LogP contribution in [0.3, 0.4) is 0 Å². The van der Waals surface area contributed by atoms with E-state index in [1.165, 1.54) is 7.11 Å². The van der Waals surface area contributed by atoms with Crippen LogP contribution in [0.1, 0.15) is 22.3 Å². The fourth-order valence-corrected chi connectivity index (χ4v) is 2.21. The van der Waals surface area contributed by atoms with Gasteiger partial charge in [0.05, 0.1) is 12.5 Å². The van der Waals surface area contributed by atoms with E-state index in [4.69, 9.17) is 10.5 Å². The maximum Gasteiger partial charge on any atom is 0.255 e. The first-order chi connectivity index (χ1) is 12.0. The van der Waals surface area contributed by atoms with Crippen LogP contribution in [-0.4, -0.2) is 36.6 Å². The number of amides is 2. The van der Waals surface area contributed by atoms with Crippen molar-refractivity contribution in [2.75, 3.05) is 24.3 Å². The molecule has 0 aliphatic rings. The SMILES string of the molecule is COC(CN)CC(=O)Nc1ccc(C)c(NC(=O)c2ccncc2)c1. The number of pyridine rings is 1. The molecule has 7 nitrogen and oxygen atoms in total. The molecule has 0 fully saturated rings. The first kappa shape index (κ1) is 18.6. The summed E-state index contributed by atoms with van der Waals surface area (Å²) in [5, 5.41) is 5.63. The first-order valence-corrected chi connectivity index (χ1v) is 7.88. The highest BCUT2D eigenvalue weighted by Gasteiger charge is 2.13. The minimum absolute atomic E-state index is 0.166. The molecule has 132 valence electrons. The Hall–Kier alpha value is -2.77. The molecule has 0 aliphatic heterocycles. The molecule has 1 aromatic heterocycles. The molecule has 7 heteroatoms. The van der Waals surface area contributed by atoms with E-state index in [-0.39, 0.29) is 30.9 Å². The fraction of sp³-hybridized carbons (Fsp3) is 0.278. The van der Waals surface area contributed by atoms with Crippen LogP contribution in [0.4, 0.5) is 11.4 Å². The van der Waals surface area contributed by atoms with Crippen molar-refractivity contribution >= 4 is 23.2 Å². The highest BCUT2D eigenvalue weighted by atomic mass is 16.5. The molecule has 2 aromatic rings. The summed E-state index contributed by atoms with van der Waals surface area (Å²) in [6.45, 7) is 2.15. The van der Waals surface area contributed by atoms with Gasteiger partial charge < -0.3 is 21.1 Å². The molecular formula is C18H22N4O3. The second-order valence-electron chi connectivity index (χ2n) is 5.57. The van der Waals surface area contributed by atoms with Gasteiger partial charge in [0.1, 0.15) is 0 Å². The zero-order valence-electron chi connectivity index (χ0n) is 14.3. The van der Waals surface area contributed by atoms with Crippen LogP contribution in [0.2, 0.25) is 0 Å². The Balaban J connectivity index is 2.07. The van der Waals surface area contributed by atoms with Crippen molar-refractivity contribution in [3.63, 3.8) is 0 Å². The van der Waals surface area contributed by atoms with Crippen molar-refractivity contribution in [2.45, 2.75) is 19.4 Å². The van der Waals surface area contributed by atoms with Gasteiger partial charge in [-0.3, -0.25) is 14.6 Å². The number of rotatable bonds is 7. The molecule has 4 N–H and O–H groups in total. The van der Waals surface area contributed by atoms with E-state index in [9.17, 15) is 9.59 Å². The van der Waals surface area contributed by atoms with Crippen molar-refractivity contribution in [3.8, 4) is 0 Å². The van der Waals surface area contributed by atoms with Gasteiger partial charge in [-0.05, 0) is 36.8 Å². The predicted octanol–water partition coefficient (Wildman–Crippen LogP) is 1.94. The van der Waals surface area contributed by atoms with Gasteiger partial charge in [0.2, 0.25) is 5.91 Å². The zero-order valence-corrected chi connectivity index (χ0v) is 14.3. The first-order valence-electron chi connectivity index (χ1n) is 7.88. The highest BCUT2D eigenvalue weighted by Crippen LogP contribution is 2.21. The number of aromatic nitrogens is 1. The Labute approximate surface area is 146 Å². The number of carbonyl (C=O) groups is 2. The molecule has 0 bridgehead atoms. The molecule has 0 radical (unpaired) electrons. The van der Waals surface area contributed by atoms with Crippen molar-refractivity contribution in [1.29, 1.82) is 0 Å². The number of benzene rings is 1. The quantitative estimate of drug-likeness (QED) is 0.713. The number of hydrogen-bond donors (Lipinski definition) is 3. The number of nitrogens with zero attached hydrogens (tertiary/aromatic N) is 1. The molecule has 1 unspecified atom stereocenters. The molecular weight excluding hydrogens is 320 g/mol. The van der Waals surface area contributed by atoms with Gasteiger partial charge in [-0.25, -0.2) is 0 Å². The van der Waals surface area contributed by atoms with Gasteiger partial charge in [-0.2, -0.15) is 0 Å². The molecule has 2 amide bonds. The third-order valence-electron chi connectivity index (χ3n) is 3.72. The molecule has 2 rings (SSSR count). The minimum Gasteiger partial charge on any atom is -0.380 e. The largest absolute Gasteiger partial charge is 0.380 e. The van der Waals surface area contributed by atoms with Crippen LogP contribution in [0, 0.1) is 6.92 Å². The highest BCUT2D eigenvalue weighted by molar-refractivity contribution is 6.05. The lowest BCUT2D eigenvalue weighted by Crippen LogP contribution is -2.28. The standard InChI is InChI=1S/C18H22N4O3/c1-12-3-4-14(21-17(23)10-15(11-19)25-2)9-16(12)22-18(24)13-5-7-20-8-6-13/h3-9,15H,10-11,19H2,1-2H3,(H,21,23)(H,22,24). The van der Waals surface area contributed by atoms with Gasteiger partial charge in [-0.1, -0.05) is 6.07 Å². The van der Waals surface area contributed by atoms with Gasteiger partial charge in [0.15, 0.2) is 0 Å². The van der Waals surface area contributed by atoms with Crippen molar-refractivity contribution in [2.24, 2.45) is 5.73 Å². The van der Waals surface area contributed by atoms with Crippen molar-refractivity contribution < 1.29 is 14.3 Å². The molecule has 0 saturated heterocycles. The van der Waals surface area contributed by atoms with Crippen molar-refractivity contribution in [1.82, 2.24) is 4.98 Å². The lowest BCUT2D eigenvalue weighted by Gasteiger charge is -2.14. The molecule has 1 heterocycles. The third kappa shape index (κ3) is 5.37. The summed E-state index contributed by atoms with van der Waals surface area (Å²) in [7, 11) is 1.52. The Morgan fingerprint density at radius 3 is 2.56 bits per heavy atom. The molecule has 0 saturated carbocycles. The van der Waals surface area contributed by atoms with Crippen LogP contribution in [0.5, 0.6) is 0 Å². The Morgan fingerprint density at radius 2 is 1.92 bits per heavy atom. The number of nitrogens with one attached hydrogen (secondary N) is 2. The summed E-state index contributed by atoms with van der Waals surface area (Å²) >= 11 is 0. The van der Waals surface area contributed by atoms with E-state index < -0.39 is 0 Å². The number of carbonyl (C=O) groups excluding carboxylic acids is 2. The Morgan fingerprint density at radius 1 is 1.20 bits per heavy atom. The molecule has 0 aliphatic carbocycles. The second-order valence-corrected chi connectivity index (χ2v) is 5.57. The smallest absolute Gasteiger partial charge is 0.255 e. The van der Waals surface area contributed by atoms with Crippen LogP contribution in [-0.2, 0) is 9.53 Å². The molecule has 0 spiro atoms. The number of ether oxygens (including phenoxy) is 1. The van der Waals surface area contributed by atoms with E-state index >= 15 is 0 Å². The normalized spacial score (nSPS) is 11.6. The van der Waals surface area contributed by atoms with Crippen LogP contribution < -0.4 is 16.4 Å². The lowest BCUT2D eigenvalue weighted by atomic mass is 10.1. The van der Waals surface area contributed by atoms with E-state index in [0.29, 0.717) is 16.9 Å². The van der Waals surface area contributed by atoms with Gasteiger partial charge in [0, 0.05) is 43.0 Å². The maximum absolute atomic E-state index is 12.3. The number of methoxy groups -OCH3 is 1. The number of anilines is 2. The second kappa shape index (κ2) is 8.91. The lowest BCUT2D eigenvalue weighted by molar-refractivity contribution is -0.118. The van der Waals surface area contributed by atoms with Gasteiger partial charge >= 0.3 is 0 Å². The summed E-state index contributed by atoms with van der Waals surface area (Å²) in [5.74, 6) is -0.441. The van der Waals surface area contributed by atoms with E-state index in [1.807, 2.05) is 13.0 Å². The molecule has 25 heavy (non-hydrogen) atoms. The monoisotopic (exact) mass is 342 g/mol. The van der Waals surface area contributed by atoms with E-state index in [1.54, 1.807) is 36.7 Å². The number of aryl methyl sites for hydroxylation is 1. The van der Waals surface area contributed by atoms with Crippen LogP contribution in [0.25, 0.3) is 0 Å². The zero-order chi connectivity index (χ0) is 18.2.